The van der Waals surface area contributed by atoms with Crippen molar-refractivity contribution in [1.29, 1.82) is 0 Å². The van der Waals surface area contributed by atoms with Crippen molar-refractivity contribution in [2.75, 3.05) is 6.61 Å². The molecule has 1 heterocycles. The molecule has 0 aromatic rings. The van der Waals surface area contributed by atoms with Gasteiger partial charge in [0.2, 0.25) is 0 Å². The van der Waals surface area contributed by atoms with Crippen LogP contribution in [0.5, 0.6) is 0 Å². The first-order valence-electron chi connectivity index (χ1n) is 3.90. The van der Waals surface area contributed by atoms with Crippen molar-refractivity contribution in [3.63, 3.8) is 0 Å². The summed E-state index contributed by atoms with van der Waals surface area (Å²) >= 11 is -0.969. The van der Waals surface area contributed by atoms with Crippen LogP contribution in [0.25, 0.3) is 0 Å². The Morgan fingerprint density at radius 3 is 2.24 bits per heavy atom. The van der Waals surface area contributed by atoms with Crippen LogP contribution in [-0.4, -0.2) is 84.3 Å². The second-order valence-electron chi connectivity index (χ2n) is 2.82. The van der Waals surface area contributed by atoms with E-state index < -0.39 is 52.9 Å². The van der Waals surface area contributed by atoms with Crippen molar-refractivity contribution in [3.8, 4) is 0 Å². The number of rotatable bonds is 4. The number of carbonyl (C=O) groups excluding carboxylic acids is 1. The van der Waals surface area contributed by atoms with Crippen molar-refractivity contribution in [1.82, 2.24) is 0 Å². The zero-order valence-electron chi connectivity index (χ0n) is 9.05. The number of carbonyl (C=O) groups is 1. The minimum absolute atomic E-state index is 0. The standard InChI is InChI=1S/C6H11O7.Al.K.2H2O/c7-1-2(8)3(9)4(10)5(11)6(12)13;;;;/h2-5,7-10H,1H2,(H,12,13);;;2*1H2/q-1;+2;+1;;/p-2. The summed E-state index contributed by atoms with van der Waals surface area (Å²) in [6.07, 6.45) is -6.03. The summed E-state index contributed by atoms with van der Waals surface area (Å²) in [6, 6.07) is 0. The predicted molar refractivity (Wildman–Crippen MR) is 47.4 cm³/mol. The third kappa shape index (κ3) is 6.37. The van der Waals surface area contributed by atoms with Crippen molar-refractivity contribution < 1.29 is 95.1 Å². The Kier molecular flexibility index (Phi) is 15.5. The molecule has 9 nitrogen and oxygen atoms in total. The Morgan fingerprint density at radius 2 is 1.88 bits per heavy atom. The first kappa shape index (κ1) is 23.5. The quantitative estimate of drug-likeness (QED) is 0.369. The molecule has 1 radical (unpaired) electrons. The van der Waals surface area contributed by atoms with Gasteiger partial charge in [-0.3, -0.25) is 4.79 Å². The Morgan fingerprint density at radius 1 is 1.35 bits per heavy atom. The van der Waals surface area contributed by atoms with Crippen LogP contribution in [-0.2, 0) is 12.4 Å². The van der Waals surface area contributed by atoms with Crippen molar-refractivity contribution >= 4 is 21.9 Å². The maximum absolute atomic E-state index is 10.9. The Hall–Kier alpha value is 1.36. The molecule has 1 fully saturated rings. The van der Waals surface area contributed by atoms with Crippen LogP contribution >= 0.6 is 0 Å². The largest absolute Gasteiger partial charge is 1.00 e. The summed E-state index contributed by atoms with van der Waals surface area (Å²) in [5, 5.41) is 36.1. The van der Waals surface area contributed by atoms with Gasteiger partial charge in [-0.15, -0.1) is 0 Å². The van der Waals surface area contributed by atoms with Gasteiger partial charge in [0.25, 0.3) is 0 Å². The molecule has 1 rings (SSSR count). The van der Waals surface area contributed by atoms with Gasteiger partial charge in [0.15, 0.2) is 6.10 Å². The van der Waals surface area contributed by atoms with Crippen molar-refractivity contribution in [2.24, 2.45) is 0 Å². The number of aliphatic hydroxyl groups is 4. The fourth-order valence-electron chi connectivity index (χ4n) is 0.992. The molecule has 7 N–H and O–H groups in total. The minimum atomic E-state index is -1.64. The zero-order chi connectivity index (χ0) is 10.7. The number of aliphatic hydroxyl groups excluding tert-OH is 4. The van der Waals surface area contributed by atoms with Crippen LogP contribution < -0.4 is 51.4 Å². The molecule has 0 aromatic carbocycles. The summed E-state index contributed by atoms with van der Waals surface area (Å²) < 4.78 is 9.21. The molecule has 17 heavy (non-hydrogen) atoms. The summed E-state index contributed by atoms with van der Waals surface area (Å²) in [6.45, 7) is -0.715. The van der Waals surface area contributed by atoms with E-state index in [0.717, 1.165) is 0 Å². The molecule has 1 saturated heterocycles. The van der Waals surface area contributed by atoms with Crippen LogP contribution in [0.1, 0.15) is 0 Å². The first-order chi connectivity index (χ1) is 6.57. The number of hydrogen-bond acceptors (Lipinski definition) is 8. The van der Waals surface area contributed by atoms with E-state index in [9.17, 15) is 15.0 Å². The minimum Gasteiger partial charge on any atom is -0.870 e. The van der Waals surface area contributed by atoms with Gasteiger partial charge < -0.3 is 39.0 Å². The van der Waals surface area contributed by atoms with Gasteiger partial charge in [0.05, 0.1) is 6.61 Å². The fourth-order valence-corrected chi connectivity index (χ4v) is 1.67. The van der Waals surface area contributed by atoms with Crippen LogP contribution in [0.4, 0.5) is 0 Å². The van der Waals surface area contributed by atoms with Gasteiger partial charge in [0.1, 0.15) is 18.3 Å². The summed E-state index contributed by atoms with van der Waals surface area (Å²) in [5.74, 6) is -0.767. The van der Waals surface area contributed by atoms with Crippen LogP contribution in [0.3, 0.4) is 0 Å². The monoisotopic (exact) mass is 295 g/mol. The van der Waals surface area contributed by atoms with Crippen molar-refractivity contribution in [3.05, 3.63) is 0 Å². The third-order valence-corrected chi connectivity index (χ3v) is 2.57. The smallest absolute Gasteiger partial charge is 0.870 e. The zero-order valence-corrected chi connectivity index (χ0v) is 13.3. The van der Waals surface area contributed by atoms with E-state index in [0.29, 0.717) is 0 Å². The number of hydrogen-bond donors (Lipinski definition) is 4. The molecular formula is C6H13AlKO9. The molecule has 1 aliphatic heterocycles. The molecule has 0 aliphatic carbocycles. The molecule has 0 saturated carbocycles. The SMILES string of the molecule is O.O=C1[O][Al][O]C1C(O)C(O)C(O)CO.[K+].[OH-]. The van der Waals surface area contributed by atoms with E-state index in [1.807, 2.05) is 0 Å². The average Bonchev–Trinajstić information content (AvgIpc) is 2.61. The molecule has 0 bridgehead atoms. The Balaban J connectivity index is -0.000000653. The van der Waals surface area contributed by atoms with Gasteiger partial charge in [-0.1, -0.05) is 0 Å². The van der Waals surface area contributed by atoms with Crippen molar-refractivity contribution in [2.45, 2.75) is 24.4 Å². The molecule has 4 unspecified atom stereocenters. The van der Waals surface area contributed by atoms with Gasteiger partial charge in [-0.05, 0) is 0 Å². The first-order valence-corrected chi connectivity index (χ1v) is 4.85. The molecule has 1 aliphatic rings. The van der Waals surface area contributed by atoms with Crippen LogP contribution in [0.2, 0.25) is 0 Å². The van der Waals surface area contributed by atoms with Crippen LogP contribution in [0, 0.1) is 0 Å². The maximum atomic E-state index is 10.9. The van der Waals surface area contributed by atoms with Gasteiger partial charge in [-0.25, -0.2) is 0 Å². The van der Waals surface area contributed by atoms with Gasteiger partial charge in [-0.2, -0.15) is 0 Å². The van der Waals surface area contributed by atoms with Crippen LogP contribution in [0.15, 0.2) is 0 Å². The second-order valence-corrected chi connectivity index (χ2v) is 3.52. The van der Waals surface area contributed by atoms with E-state index in [1.54, 1.807) is 0 Å². The molecule has 95 valence electrons. The fraction of sp³-hybridized carbons (Fsp3) is 0.833. The van der Waals surface area contributed by atoms with E-state index in [2.05, 4.69) is 3.79 Å². The Labute approximate surface area is 146 Å². The molecular weight excluding hydrogens is 282 g/mol. The molecule has 0 spiro atoms. The van der Waals surface area contributed by atoms with E-state index in [4.69, 9.17) is 14.0 Å². The molecule has 4 atom stereocenters. The normalized spacial score (nSPS) is 22.8. The maximum Gasteiger partial charge on any atom is 1.00 e. The molecule has 11 heteroatoms. The molecule has 0 aromatic heterocycles. The average molecular weight is 295 g/mol. The molecule has 0 amide bonds. The van der Waals surface area contributed by atoms with E-state index >= 15 is 0 Å². The third-order valence-electron chi connectivity index (χ3n) is 1.84. The Bertz CT molecular complexity index is 218. The topological polar surface area (TPSA) is 178 Å². The van der Waals surface area contributed by atoms with Gasteiger partial charge in [0, 0.05) is 0 Å². The van der Waals surface area contributed by atoms with E-state index in [-0.39, 0.29) is 62.3 Å². The van der Waals surface area contributed by atoms with Gasteiger partial charge >= 0.3 is 73.2 Å². The second kappa shape index (κ2) is 11.2. The predicted octanol–water partition coefficient (Wildman–Crippen LogP) is -7.46. The summed E-state index contributed by atoms with van der Waals surface area (Å²) in [4.78, 5) is 10.9. The summed E-state index contributed by atoms with van der Waals surface area (Å²) in [5.41, 5.74) is 0. The van der Waals surface area contributed by atoms with E-state index in [1.165, 1.54) is 0 Å². The summed E-state index contributed by atoms with van der Waals surface area (Å²) in [7, 11) is 0.